The van der Waals surface area contributed by atoms with Gasteiger partial charge >= 0.3 is 0 Å². The number of hydrogen-bond donors (Lipinski definition) is 0. The number of carbonyl (C=O) groups excluding carboxylic acids is 1. The molecule has 0 spiro atoms. The Labute approximate surface area is 162 Å². The summed E-state index contributed by atoms with van der Waals surface area (Å²) in [7, 11) is -3.50. The van der Waals surface area contributed by atoms with E-state index in [1.807, 2.05) is 11.5 Å². The van der Waals surface area contributed by atoms with Crippen molar-refractivity contribution in [3.63, 3.8) is 0 Å². The predicted molar refractivity (Wildman–Crippen MR) is 109 cm³/mol. The molecule has 0 aliphatic heterocycles. The zero-order chi connectivity index (χ0) is 19.8. The van der Waals surface area contributed by atoms with E-state index in [2.05, 4.69) is 31.0 Å². The standard InChI is InChI=1S/C20H22N2O3S2/c1-5-22-16-11-13(3)14(4)12-17(16)26-20(22)21-19(23)15-9-7-8-10-18(15)27(24,25)6-2/h7-12H,5-6H2,1-4H3. The summed E-state index contributed by atoms with van der Waals surface area (Å²) in [6.45, 7) is 8.35. The molecule has 0 bridgehead atoms. The van der Waals surface area contributed by atoms with Gasteiger partial charge in [0.25, 0.3) is 5.91 Å². The molecule has 5 nitrogen and oxygen atoms in total. The minimum Gasteiger partial charge on any atom is -0.317 e. The summed E-state index contributed by atoms with van der Waals surface area (Å²) in [5, 5.41) is 0. The highest BCUT2D eigenvalue weighted by molar-refractivity contribution is 7.91. The zero-order valence-electron chi connectivity index (χ0n) is 15.8. The molecule has 3 aromatic rings. The molecule has 1 heterocycles. The lowest BCUT2D eigenvalue weighted by Gasteiger charge is -2.06. The largest absolute Gasteiger partial charge is 0.317 e. The Bertz CT molecular complexity index is 1200. The first-order chi connectivity index (χ1) is 12.8. The van der Waals surface area contributed by atoms with Crippen LogP contribution in [0.5, 0.6) is 0 Å². The summed E-state index contributed by atoms with van der Waals surface area (Å²) < 4.78 is 27.7. The predicted octanol–water partition coefficient (Wildman–Crippen LogP) is 3.87. The van der Waals surface area contributed by atoms with Crippen LogP contribution in [0.15, 0.2) is 46.3 Å². The fourth-order valence-corrected chi connectivity index (χ4v) is 5.19. The molecule has 0 saturated heterocycles. The van der Waals surface area contributed by atoms with Gasteiger partial charge in [0.05, 0.1) is 26.4 Å². The van der Waals surface area contributed by atoms with E-state index in [4.69, 9.17) is 0 Å². The smallest absolute Gasteiger partial charge is 0.280 e. The van der Waals surface area contributed by atoms with Crippen LogP contribution in [0.4, 0.5) is 0 Å². The van der Waals surface area contributed by atoms with Gasteiger partial charge in [-0.3, -0.25) is 4.79 Å². The number of carbonyl (C=O) groups is 1. The van der Waals surface area contributed by atoms with Gasteiger partial charge in [0.1, 0.15) is 0 Å². The second kappa shape index (κ2) is 7.40. The minimum absolute atomic E-state index is 0.0390. The molecule has 0 N–H and O–H groups in total. The van der Waals surface area contributed by atoms with Crippen molar-refractivity contribution in [2.24, 2.45) is 4.99 Å². The van der Waals surface area contributed by atoms with Crippen molar-refractivity contribution in [3.8, 4) is 0 Å². The van der Waals surface area contributed by atoms with Crippen LogP contribution in [-0.4, -0.2) is 24.6 Å². The maximum Gasteiger partial charge on any atom is 0.280 e. The van der Waals surface area contributed by atoms with Crippen molar-refractivity contribution >= 4 is 37.3 Å². The molecule has 0 saturated carbocycles. The van der Waals surface area contributed by atoms with Crippen LogP contribution >= 0.6 is 11.3 Å². The summed E-state index contributed by atoms with van der Waals surface area (Å²) in [6.07, 6.45) is 0. The fourth-order valence-electron chi connectivity index (χ4n) is 2.93. The number of benzene rings is 2. The molecule has 1 amide bonds. The number of aromatic nitrogens is 1. The van der Waals surface area contributed by atoms with Crippen LogP contribution in [0.25, 0.3) is 10.2 Å². The third-order valence-electron chi connectivity index (χ3n) is 4.64. The Morgan fingerprint density at radius 2 is 1.78 bits per heavy atom. The highest BCUT2D eigenvalue weighted by atomic mass is 32.2. The van der Waals surface area contributed by atoms with Gasteiger partial charge in [-0.2, -0.15) is 4.99 Å². The monoisotopic (exact) mass is 402 g/mol. The van der Waals surface area contributed by atoms with E-state index in [1.54, 1.807) is 19.1 Å². The number of aryl methyl sites for hydroxylation is 3. The quantitative estimate of drug-likeness (QED) is 0.665. The van der Waals surface area contributed by atoms with Crippen LogP contribution in [0.1, 0.15) is 35.3 Å². The zero-order valence-corrected chi connectivity index (χ0v) is 17.4. The Balaban J connectivity index is 2.20. The first kappa shape index (κ1) is 19.5. The summed E-state index contributed by atoms with van der Waals surface area (Å²) in [5.74, 6) is -0.599. The van der Waals surface area contributed by atoms with Gasteiger partial charge in [0.2, 0.25) is 0 Å². The molecule has 7 heteroatoms. The number of nitrogens with zero attached hydrogens (tertiary/aromatic N) is 2. The van der Waals surface area contributed by atoms with E-state index >= 15 is 0 Å². The summed E-state index contributed by atoms with van der Waals surface area (Å²) in [6, 6.07) is 10.5. The number of sulfone groups is 1. The summed E-state index contributed by atoms with van der Waals surface area (Å²) in [5.41, 5.74) is 3.52. The molecule has 0 aliphatic carbocycles. The first-order valence-electron chi connectivity index (χ1n) is 8.80. The van der Waals surface area contributed by atoms with Crippen LogP contribution in [-0.2, 0) is 16.4 Å². The molecule has 3 rings (SSSR count). The lowest BCUT2D eigenvalue weighted by Crippen LogP contribution is -2.17. The van der Waals surface area contributed by atoms with Crippen LogP contribution in [0.2, 0.25) is 0 Å². The van der Waals surface area contributed by atoms with E-state index in [0.717, 1.165) is 10.2 Å². The molecule has 27 heavy (non-hydrogen) atoms. The Kier molecular flexibility index (Phi) is 5.35. The van der Waals surface area contributed by atoms with E-state index in [-0.39, 0.29) is 16.2 Å². The molecular weight excluding hydrogens is 380 g/mol. The summed E-state index contributed by atoms with van der Waals surface area (Å²) >= 11 is 1.44. The van der Waals surface area contributed by atoms with Crippen molar-refractivity contribution in [2.45, 2.75) is 39.1 Å². The van der Waals surface area contributed by atoms with Crippen LogP contribution < -0.4 is 4.80 Å². The molecule has 142 valence electrons. The minimum atomic E-state index is -3.50. The van der Waals surface area contributed by atoms with Crippen molar-refractivity contribution in [1.82, 2.24) is 4.57 Å². The second-order valence-corrected chi connectivity index (χ2v) is 9.61. The van der Waals surface area contributed by atoms with E-state index < -0.39 is 15.7 Å². The third-order valence-corrected chi connectivity index (χ3v) is 7.47. The second-order valence-electron chi connectivity index (χ2n) is 6.35. The third kappa shape index (κ3) is 3.61. The normalized spacial score (nSPS) is 12.7. The van der Waals surface area contributed by atoms with Gasteiger partial charge < -0.3 is 4.57 Å². The Hall–Kier alpha value is -2.25. The highest BCUT2D eigenvalue weighted by Gasteiger charge is 2.20. The van der Waals surface area contributed by atoms with Crippen LogP contribution in [0.3, 0.4) is 0 Å². The van der Waals surface area contributed by atoms with Crippen molar-refractivity contribution < 1.29 is 13.2 Å². The molecule has 0 unspecified atom stereocenters. The maximum absolute atomic E-state index is 12.8. The first-order valence-corrected chi connectivity index (χ1v) is 11.3. The van der Waals surface area contributed by atoms with Gasteiger partial charge in [0.15, 0.2) is 14.6 Å². The van der Waals surface area contributed by atoms with Gasteiger partial charge in [-0.25, -0.2) is 8.42 Å². The molecular formula is C20H22N2O3S2. The summed E-state index contributed by atoms with van der Waals surface area (Å²) in [4.78, 5) is 17.7. The number of hydrogen-bond acceptors (Lipinski definition) is 4. The molecule has 0 atom stereocenters. The number of amides is 1. The fraction of sp³-hybridized carbons (Fsp3) is 0.300. The maximum atomic E-state index is 12.8. The van der Waals surface area contributed by atoms with Gasteiger partial charge in [-0.05, 0) is 56.2 Å². The van der Waals surface area contributed by atoms with Gasteiger partial charge in [-0.15, -0.1) is 0 Å². The molecule has 1 aromatic heterocycles. The van der Waals surface area contributed by atoms with Crippen LogP contribution in [0, 0.1) is 13.8 Å². The molecule has 0 aliphatic rings. The highest BCUT2D eigenvalue weighted by Crippen LogP contribution is 2.22. The molecule has 0 fully saturated rings. The van der Waals surface area contributed by atoms with E-state index in [1.165, 1.54) is 34.6 Å². The molecule has 0 radical (unpaired) electrons. The number of rotatable bonds is 4. The Morgan fingerprint density at radius 3 is 2.44 bits per heavy atom. The van der Waals surface area contributed by atoms with Crippen molar-refractivity contribution in [3.05, 3.63) is 57.9 Å². The average molecular weight is 403 g/mol. The van der Waals surface area contributed by atoms with Crippen molar-refractivity contribution in [2.75, 3.05) is 5.75 Å². The topological polar surface area (TPSA) is 68.5 Å². The lowest BCUT2D eigenvalue weighted by atomic mass is 10.1. The van der Waals surface area contributed by atoms with Crippen molar-refractivity contribution in [1.29, 1.82) is 0 Å². The van der Waals surface area contributed by atoms with E-state index in [9.17, 15) is 13.2 Å². The Morgan fingerprint density at radius 1 is 1.11 bits per heavy atom. The molecule has 2 aromatic carbocycles. The van der Waals surface area contributed by atoms with Gasteiger partial charge in [-0.1, -0.05) is 30.4 Å². The number of fused-ring (bicyclic) bond motifs is 1. The number of thiazole rings is 1. The lowest BCUT2D eigenvalue weighted by molar-refractivity contribution is 0.0994. The SMILES string of the molecule is CCn1c(=NC(=O)c2ccccc2S(=O)(=O)CC)sc2cc(C)c(C)cc21. The van der Waals surface area contributed by atoms with E-state index in [0.29, 0.717) is 11.3 Å². The van der Waals surface area contributed by atoms with Gasteiger partial charge in [0, 0.05) is 6.54 Å². The average Bonchev–Trinajstić information content (AvgIpc) is 2.97.